The largest absolute Gasteiger partial charge is 0.494 e. The molecule has 0 spiro atoms. The minimum Gasteiger partial charge on any atom is -0.494 e. The highest BCUT2D eigenvalue weighted by Gasteiger charge is 2.28. The summed E-state index contributed by atoms with van der Waals surface area (Å²) in [6, 6.07) is -0.364. The second kappa shape index (κ2) is 3.31. The van der Waals surface area contributed by atoms with Crippen molar-refractivity contribution in [3.05, 3.63) is 23.3 Å². The Kier molecular flexibility index (Phi) is 2.23. The SMILES string of the molecule is Cc1c(C)c(O)n([C@H]2C=CC[C@@H]2O)c1O. The molecule has 82 valence electrons. The van der Waals surface area contributed by atoms with Gasteiger partial charge < -0.3 is 15.3 Å². The molecule has 1 aliphatic carbocycles. The lowest BCUT2D eigenvalue weighted by Gasteiger charge is -2.17. The minimum absolute atomic E-state index is 0.0283. The van der Waals surface area contributed by atoms with Crippen molar-refractivity contribution in [1.82, 2.24) is 4.57 Å². The normalized spacial score (nSPS) is 25.0. The van der Waals surface area contributed by atoms with E-state index in [1.165, 1.54) is 4.57 Å². The number of aromatic hydroxyl groups is 2. The molecular weight excluding hydrogens is 194 g/mol. The molecular formula is C11H15NO3. The van der Waals surface area contributed by atoms with Gasteiger partial charge in [-0.05, 0) is 20.3 Å². The molecule has 4 heteroatoms. The van der Waals surface area contributed by atoms with Crippen LogP contribution >= 0.6 is 0 Å². The third-order valence-corrected chi connectivity index (χ3v) is 3.09. The molecule has 2 atom stereocenters. The molecule has 0 saturated heterocycles. The predicted octanol–water partition coefficient (Wildman–Crippen LogP) is 1.38. The Balaban J connectivity index is 2.53. The Morgan fingerprint density at radius 1 is 1.20 bits per heavy atom. The molecule has 4 nitrogen and oxygen atoms in total. The highest BCUT2D eigenvalue weighted by molar-refractivity contribution is 5.44. The van der Waals surface area contributed by atoms with Gasteiger partial charge in [-0.2, -0.15) is 0 Å². The molecule has 0 unspecified atom stereocenters. The van der Waals surface area contributed by atoms with E-state index in [2.05, 4.69) is 0 Å². The summed E-state index contributed by atoms with van der Waals surface area (Å²) in [5.41, 5.74) is 1.31. The predicted molar refractivity (Wildman–Crippen MR) is 56.0 cm³/mol. The maximum atomic E-state index is 9.84. The van der Waals surface area contributed by atoms with E-state index < -0.39 is 6.10 Å². The number of nitrogens with zero attached hydrogens (tertiary/aromatic N) is 1. The fourth-order valence-electron chi connectivity index (χ4n) is 1.96. The van der Waals surface area contributed by atoms with Crippen molar-refractivity contribution in [1.29, 1.82) is 0 Å². The van der Waals surface area contributed by atoms with Crippen LogP contribution in [0, 0.1) is 13.8 Å². The number of aliphatic hydroxyl groups excluding tert-OH is 1. The number of hydrogen-bond donors (Lipinski definition) is 3. The van der Waals surface area contributed by atoms with Gasteiger partial charge in [0.15, 0.2) is 11.8 Å². The van der Waals surface area contributed by atoms with Gasteiger partial charge in [-0.1, -0.05) is 12.2 Å². The summed E-state index contributed by atoms with van der Waals surface area (Å²) in [4.78, 5) is 0. The van der Waals surface area contributed by atoms with Gasteiger partial charge in [0.25, 0.3) is 0 Å². The summed E-state index contributed by atoms with van der Waals surface area (Å²) in [5, 5.41) is 29.4. The van der Waals surface area contributed by atoms with Crippen molar-refractivity contribution in [2.45, 2.75) is 32.4 Å². The topological polar surface area (TPSA) is 65.6 Å². The fraction of sp³-hybridized carbons (Fsp3) is 0.455. The van der Waals surface area contributed by atoms with Gasteiger partial charge in [-0.3, -0.25) is 4.57 Å². The number of rotatable bonds is 1. The molecule has 1 aromatic rings. The monoisotopic (exact) mass is 209 g/mol. The van der Waals surface area contributed by atoms with Gasteiger partial charge in [0.2, 0.25) is 0 Å². The molecule has 15 heavy (non-hydrogen) atoms. The van der Waals surface area contributed by atoms with E-state index in [0.717, 1.165) is 0 Å². The van der Waals surface area contributed by atoms with Gasteiger partial charge >= 0.3 is 0 Å². The third kappa shape index (κ3) is 1.33. The second-order valence-corrected chi connectivity index (χ2v) is 3.99. The smallest absolute Gasteiger partial charge is 0.197 e. The molecule has 1 heterocycles. The Hall–Kier alpha value is -1.42. The lowest BCUT2D eigenvalue weighted by molar-refractivity contribution is 0.137. The van der Waals surface area contributed by atoms with E-state index in [-0.39, 0.29) is 17.8 Å². The lowest BCUT2D eigenvalue weighted by atomic mass is 10.2. The summed E-state index contributed by atoms with van der Waals surface area (Å²) in [7, 11) is 0. The van der Waals surface area contributed by atoms with Gasteiger partial charge in [0.1, 0.15) is 0 Å². The van der Waals surface area contributed by atoms with Crippen LogP contribution < -0.4 is 0 Å². The van der Waals surface area contributed by atoms with Gasteiger partial charge in [-0.25, -0.2) is 0 Å². The van der Waals surface area contributed by atoms with E-state index >= 15 is 0 Å². The molecule has 0 bridgehead atoms. The highest BCUT2D eigenvalue weighted by atomic mass is 16.3. The zero-order chi connectivity index (χ0) is 11.2. The van der Waals surface area contributed by atoms with Crippen LogP contribution in [0.15, 0.2) is 12.2 Å². The highest BCUT2D eigenvalue weighted by Crippen LogP contribution is 2.38. The molecule has 1 aromatic heterocycles. The van der Waals surface area contributed by atoms with Crippen molar-refractivity contribution in [2.75, 3.05) is 0 Å². The molecule has 0 aliphatic heterocycles. The average Bonchev–Trinajstić information content (AvgIpc) is 2.68. The van der Waals surface area contributed by atoms with Crippen LogP contribution in [-0.4, -0.2) is 26.0 Å². The Labute approximate surface area is 88.1 Å². The van der Waals surface area contributed by atoms with Crippen LogP contribution in [-0.2, 0) is 0 Å². The fourth-order valence-corrected chi connectivity index (χ4v) is 1.96. The van der Waals surface area contributed by atoms with E-state index in [1.54, 1.807) is 19.9 Å². The third-order valence-electron chi connectivity index (χ3n) is 3.09. The van der Waals surface area contributed by atoms with Crippen molar-refractivity contribution in [3.8, 4) is 11.8 Å². The van der Waals surface area contributed by atoms with E-state index in [4.69, 9.17) is 0 Å². The van der Waals surface area contributed by atoms with Crippen LogP contribution in [0.1, 0.15) is 23.6 Å². The molecule has 0 saturated carbocycles. The molecule has 0 radical (unpaired) electrons. The van der Waals surface area contributed by atoms with E-state index in [0.29, 0.717) is 17.5 Å². The first-order valence-electron chi connectivity index (χ1n) is 4.98. The minimum atomic E-state index is -0.576. The van der Waals surface area contributed by atoms with Crippen molar-refractivity contribution in [2.24, 2.45) is 0 Å². The summed E-state index contributed by atoms with van der Waals surface area (Å²) in [6.45, 7) is 3.48. The zero-order valence-corrected chi connectivity index (χ0v) is 8.81. The summed E-state index contributed by atoms with van der Waals surface area (Å²) in [6.07, 6.45) is 3.62. The van der Waals surface area contributed by atoms with Gasteiger partial charge in [0, 0.05) is 11.1 Å². The summed E-state index contributed by atoms with van der Waals surface area (Å²) >= 11 is 0. The van der Waals surface area contributed by atoms with E-state index in [9.17, 15) is 15.3 Å². The quantitative estimate of drug-likeness (QED) is 0.612. The molecule has 0 amide bonds. The van der Waals surface area contributed by atoms with Crippen LogP contribution in [0.5, 0.6) is 11.8 Å². The summed E-state index contributed by atoms with van der Waals surface area (Å²) < 4.78 is 1.37. The first-order chi connectivity index (χ1) is 7.04. The first-order valence-corrected chi connectivity index (χ1v) is 4.98. The average molecular weight is 209 g/mol. The Morgan fingerprint density at radius 3 is 2.13 bits per heavy atom. The molecule has 3 N–H and O–H groups in total. The second-order valence-electron chi connectivity index (χ2n) is 3.99. The van der Waals surface area contributed by atoms with Crippen LogP contribution in [0.4, 0.5) is 0 Å². The van der Waals surface area contributed by atoms with Crippen LogP contribution in [0.25, 0.3) is 0 Å². The number of aliphatic hydroxyl groups is 1. The maximum Gasteiger partial charge on any atom is 0.197 e. The lowest BCUT2D eigenvalue weighted by Crippen LogP contribution is -2.17. The van der Waals surface area contributed by atoms with Crippen molar-refractivity contribution < 1.29 is 15.3 Å². The van der Waals surface area contributed by atoms with Crippen molar-refractivity contribution in [3.63, 3.8) is 0 Å². The van der Waals surface area contributed by atoms with Crippen LogP contribution in [0.2, 0.25) is 0 Å². The standard InChI is InChI=1S/C11H15NO3/c1-6-7(2)11(15)12(10(6)14)8-4-3-5-9(8)13/h3-4,8-9,13-15H,5H2,1-2H3/t8-,9-/m0/s1. The number of aromatic nitrogens is 1. The Bertz CT molecular complexity index is 394. The molecule has 0 fully saturated rings. The molecule has 1 aliphatic rings. The number of hydrogen-bond acceptors (Lipinski definition) is 3. The Morgan fingerprint density at radius 2 is 1.73 bits per heavy atom. The van der Waals surface area contributed by atoms with Crippen molar-refractivity contribution >= 4 is 0 Å². The summed E-state index contributed by atoms with van der Waals surface area (Å²) in [5.74, 6) is 0.0567. The van der Waals surface area contributed by atoms with E-state index in [1.807, 2.05) is 6.08 Å². The zero-order valence-electron chi connectivity index (χ0n) is 8.81. The molecule has 2 rings (SSSR count). The maximum absolute atomic E-state index is 9.84. The molecule has 0 aromatic carbocycles. The first kappa shape index (κ1) is 10.1. The van der Waals surface area contributed by atoms with Crippen LogP contribution in [0.3, 0.4) is 0 Å². The van der Waals surface area contributed by atoms with Gasteiger partial charge in [0.05, 0.1) is 12.1 Å². The van der Waals surface area contributed by atoms with Gasteiger partial charge in [-0.15, -0.1) is 0 Å².